The van der Waals surface area contributed by atoms with E-state index < -0.39 is 0 Å². The van der Waals surface area contributed by atoms with Gasteiger partial charge in [0.2, 0.25) is 11.8 Å². The minimum absolute atomic E-state index is 0.0369. The van der Waals surface area contributed by atoms with Crippen molar-refractivity contribution in [2.75, 3.05) is 31.5 Å². The number of fused-ring (bicyclic) bond motifs is 1. The van der Waals surface area contributed by atoms with E-state index in [1.54, 1.807) is 0 Å². The standard InChI is InChI=1S/C23H32N4O2S/c1-3-27(4-2)16-15-24-22(29)18-11-8-12-19-21(18)26-23(30-19)25-20(28)14-13-17-9-6-5-7-10-17/h5-7,9-10,18H,3-4,8,11-16H2,1-2H3,(H,24,29)(H,25,26,28). The molecule has 1 heterocycles. The predicted molar refractivity (Wildman–Crippen MR) is 122 cm³/mol. The zero-order valence-corrected chi connectivity index (χ0v) is 18.8. The molecule has 0 bridgehead atoms. The zero-order chi connectivity index (χ0) is 21.3. The monoisotopic (exact) mass is 428 g/mol. The van der Waals surface area contributed by atoms with Gasteiger partial charge >= 0.3 is 0 Å². The average molecular weight is 429 g/mol. The molecular formula is C23H32N4O2S. The minimum atomic E-state index is -0.211. The number of anilines is 1. The maximum absolute atomic E-state index is 12.8. The summed E-state index contributed by atoms with van der Waals surface area (Å²) >= 11 is 1.51. The van der Waals surface area contributed by atoms with E-state index in [0.29, 0.717) is 24.5 Å². The largest absolute Gasteiger partial charge is 0.354 e. The van der Waals surface area contributed by atoms with Crippen LogP contribution in [0.2, 0.25) is 0 Å². The molecule has 1 aliphatic rings. The molecule has 0 saturated heterocycles. The van der Waals surface area contributed by atoms with Crippen molar-refractivity contribution >= 4 is 28.3 Å². The molecule has 1 unspecified atom stereocenters. The number of carbonyl (C=O) groups excluding carboxylic acids is 2. The first-order chi connectivity index (χ1) is 14.6. The smallest absolute Gasteiger partial charge is 0.229 e. The van der Waals surface area contributed by atoms with E-state index in [-0.39, 0.29) is 17.7 Å². The number of amides is 2. The van der Waals surface area contributed by atoms with Crippen molar-refractivity contribution in [3.05, 3.63) is 46.5 Å². The van der Waals surface area contributed by atoms with Gasteiger partial charge in [0.25, 0.3) is 0 Å². The number of carbonyl (C=O) groups is 2. The van der Waals surface area contributed by atoms with Gasteiger partial charge in [-0.2, -0.15) is 0 Å². The molecule has 0 aliphatic heterocycles. The van der Waals surface area contributed by atoms with Gasteiger partial charge in [0.15, 0.2) is 5.13 Å². The molecule has 30 heavy (non-hydrogen) atoms. The number of thiazole rings is 1. The summed E-state index contributed by atoms with van der Waals surface area (Å²) in [5.41, 5.74) is 2.00. The summed E-state index contributed by atoms with van der Waals surface area (Å²) in [6.07, 6.45) is 3.84. The summed E-state index contributed by atoms with van der Waals surface area (Å²) in [5.74, 6) is -0.197. The van der Waals surface area contributed by atoms with Crippen LogP contribution in [0, 0.1) is 0 Å². The molecule has 0 radical (unpaired) electrons. The molecule has 0 saturated carbocycles. The highest BCUT2D eigenvalue weighted by Crippen LogP contribution is 2.36. The van der Waals surface area contributed by atoms with Gasteiger partial charge in [-0.3, -0.25) is 9.59 Å². The summed E-state index contributed by atoms with van der Waals surface area (Å²) in [7, 11) is 0. The van der Waals surface area contributed by atoms with Crippen LogP contribution in [-0.4, -0.2) is 47.9 Å². The van der Waals surface area contributed by atoms with Crippen LogP contribution in [0.3, 0.4) is 0 Å². The molecule has 3 rings (SSSR count). The van der Waals surface area contributed by atoms with E-state index in [1.165, 1.54) is 11.3 Å². The Balaban J connectivity index is 1.54. The van der Waals surface area contributed by atoms with Crippen LogP contribution in [0.5, 0.6) is 0 Å². The topological polar surface area (TPSA) is 74.3 Å². The van der Waals surface area contributed by atoms with Gasteiger partial charge in [0.05, 0.1) is 11.6 Å². The number of hydrogen-bond donors (Lipinski definition) is 2. The Bertz CT molecular complexity index is 833. The first-order valence-corrected chi connectivity index (χ1v) is 11.8. The number of rotatable bonds is 10. The van der Waals surface area contributed by atoms with Crippen LogP contribution in [-0.2, 0) is 22.4 Å². The third kappa shape index (κ3) is 6.12. The van der Waals surface area contributed by atoms with E-state index in [9.17, 15) is 9.59 Å². The van der Waals surface area contributed by atoms with Crippen molar-refractivity contribution in [2.24, 2.45) is 0 Å². The van der Waals surface area contributed by atoms with Crippen molar-refractivity contribution in [1.82, 2.24) is 15.2 Å². The Morgan fingerprint density at radius 2 is 1.97 bits per heavy atom. The summed E-state index contributed by atoms with van der Waals surface area (Å²) in [4.78, 5) is 33.2. The number of aromatic nitrogens is 1. The molecule has 1 aromatic heterocycles. The SMILES string of the molecule is CCN(CC)CCNC(=O)C1CCCc2sc(NC(=O)CCc3ccccc3)nc21. The van der Waals surface area contributed by atoms with E-state index in [2.05, 4.69) is 34.4 Å². The van der Waals surface area contributed by atoms with Gasteiger partial charge in [0, 0.05) is 24.4 Å². The van der Waals surface area contributed by atoms with Crippen molar-refractivity contribution in [1.29, 1.82) is 0 Å². The van der Waals surface area contributed by atoms with Crippen LogP contribution in [0.1, 0.15) is 55.2 Å². The van der Waals surface area contributed by atoms with Gasteiger partial charge in [-0.15, -0.1) is 11.3 Å². The maximum Gasteiger partial charge on any atom is 0.229 e. The van der Waals surface area contributed by atoms with Crippen LogP contribution in [0.15, 0.2) is 30.3 Å². The lowest BCUT2D eigenvalue weighted by Crippen LogP contribution is -2.37. The number of nitrogens with zero attached hydrogens (tertiary/aromatic N) is 2. The second kappa shape index (κ2) is 11.2. The molecule has 2 amide bonds. The average Bonchev–Trinajstić information content (AvgIpc) is 3.18. The molecule has 7 heteroatoms. The van der Waals surface area contributed by atoms with Crippen molar-refractivity contribution < 1.29 is 9.59 Å². The van der Waals surface area contributed by atoms with E-state index in [1.807, 2.05) is 30.3 Å². The van der Waals surface area contributed by atoms with Gasteiger partial charge in [0.1, 0.15) is 0 Å². The Morgan fingerprint density at radius 1 is 1.20 bits per heavy atom. The fraction of sp³-hybridized carbons (Fsp3) is 0.522. The highest BCUT2D eigenvalue weighted by Gasteiger charge is 2.30. The van der Waals surface area contributed by atoms with Gasteiger partial charge < -0.3 is 15.5 Å². The minimum Gasteiger partial charge on any atom is -0.354 e. The van der Waals surface area contributed by atoms with Crippen molar-refractivity contribution in [2.45, 2.75) is 51.9 Å². The number of nitrogens with one attached hydrogen (secondary N) is 2. The number of likely N-dealkylation sites (N-methyl/N-ethyl adjacent to an activating group) is 1. The van der Waals surface area contributed by atoms with E-state index in [4.69, 9.17) is 0 Å². The zero-order valence-electron chi connectivity index (χ0n) is 17.9. The van der Waals surface area contributed by atoms with E-state index >= 15 is 0 Å². The lowest BCUT2D eigenvalue weighted by Gasteiger charge is -2.22. The van der Waals surface area contributed by atoms with Crippen LogP contribution in [0.25, 0.3) is 0 Å². The summed E-state index contributed by atoms with van der Waals surface area (Å²) in [5, 5.41) is 6.62. The lowest BCUT2D eigenvalue weighted by atomic mass is 9.90. The number of hydrogen-bond acceptors (Lipinski definition) is 5. The first kappa shape index (κ1) is 22.4. The fourth-order valence-corrected chi connectivity index (χ4v) is 4.89. The molecule has 2 aromatic rings. The molecule has 2 N–H and O–H groups in total. The first-order valence-electron chi connectivity index (χ1n) is 10.9. The summed E-state index contributed by atoms with van der Waals surface area (Å²) < 4.78 is 0. The Hall–Kier alpha value is -2.25. The quantitative estimate of drug-likeness (QED) is 0.606. The van der Waals surface area contributed by atoms with Crippen LogP contribution in [0.4, 0.5) is 5.13 Å². The van der Waals surface area contributed by atoms with Gasteiger partial charge in [-0.1, -0.05) is 44.2 Å². The molecular weight excluding hydrogens is 396 g/mol. The number of aryl methyl sites for hydroxylation is 2. The molecule has 1 atom stereocenters. The second-order valence-electron chi connectivity index (χ2n) is 7.62. The molecule has 1 aliphatic carbocycles. The molecule has 6 nitrogen and oxygen atoms in total. The molecule has 0 spiro atoms. The van der Waals surface area contributed by atoms with E-state index in [0.717, 1.165) is 55.0 Å². The Kier molecular flexibility index (Phi) is 8.39. The number of benzene rings is 1. The Morgan fingerprint density at radius 3 is 2.70 bits per heavy atom. The second-order valence-corrected chi connectivity index (χ2v) is 8.71. The van der Waals surface area contributed by atoms with Crippen LogP contribution < -0.4 is 10.6 Å². The summed E-state index contributed by atoms with van der Waals surface area (Å²) in [6, 6.07) is 9.99. The normalized spacial score (nSPS) is 15.6. The third-order valence-electron chi connectivity index (χ3n) is 5.62. The highest BCUT2D eigenvalue weighted by atomic mass is 32.1. The highest BCUT2D eigenvalue weighted by molar-refractivity contribution is 7.15. The van der Waals surface area contributed by atoms with Crippen molar-refractivity contribution in [3.8, 4) is 0 Å². The summed E-state index contributed by atoms with van der Waals surface area (Å²) in [6.45, 7) is 7.74. The lowest BCUT2D eigenvalue weighted by molar-refractivity contribution is -0.123. The van der Waals surface area contributed by atoms with Crippen LogP contribution >= 0.6 is 11.3 Å². The predicted octanol–water partition coefficient (Wildman–Crippen LogP) is 3.59. The fourth-order valence-electron chi connectivity index (χ4n) is 3.81. The maximum atomic E-state index is 12.8. The molecule has 1 aromatic carbocycles. The van der Waals surface area contributed by atoms with Gasteiger partial charge in [-0.05, 0) is 44.3 Å². The molecule has 0 fully saturated rings. The third-order valence-corrected chi connectivity index (χ3v) is 6.67. The van der Waals surface area contributed by atoms with Gasteiger partial charge in [-0.25, -0.2) is 4.98 Å². The Labute approximate surface area is 183 Å². The molecule has 162 valence electrons. The van der Waals surface area contributed by atoms with Crippen molar-refractivity contribution in [3.63, 3.8) is 0 Å².